The SMILES string of the molecule is O=C(c1cc(COc2ccc(F)cc2F)cs1)N1CCN(Cc2cccc(F)c2)CC1. The van der Waals surface area contributed by atoms with Gasteiger partial charge in [0.15, 0.2) is 11.6 Å². The van der Waals surface area contributed by atoms with E-state index >= 15 is 0 Å². The van der Waals surface area contributed by atoms with Crippen LogP contribution in [0, 0.1) is 17.5 Å². The van der Waals surface area contributed by atoms with E-state index in [2.05, 4.69) is 4.90 Å². The maximum Gasteiger partial charge on any atom is 0.264 e. The van der Waals surface area contributed by atoms with E-state index in [4.69, 9.17) is 4.74 Å². The van der Waals surface area contributed by atoms with Gasteiger partial charge in [0.05, 0.1) is 4.88 Å². The Kier molecular flexibility index (Phi) is 6.58. The number of halogens is 3. The highest BCUT2D eigenvalue weighted by Crippen LogP contribution is 2.22. The van der Waals surface area contributed by atoms with Crippen LogP contribution >= 0.6 is 11.3 Å². The molecule has 1 fully saturated rings. The lowest BCUT2D eigenvalue weighted by Gasteiger charge is -2.34. The Morgan fingerprint density at radius 1 is 0.935 bits per heavy atom. The molecule has 0 saturated carbocycles. The minimum Gasteiger partial charge on any atom is -0.486 e. The van der Waals surface area contributed by atoms with E-state index in [-0.39, 0.29) is 24.1 Å². The maximum atomic E-state index is 13.7. The van der Waals surface area contributed by atoms with E-state index in [1.165, 1.54) is 29.5 Å². The second-order valence-electron chi connectivity index (χ2n) is 7.38. The van der Waals surface area contributed by atoms with Gasteiger partial charge in [0.2, 0.25) is 0 Å². The third-order valence-electron chi connectivity index (χ3n) is 5.11. The first kappa shape index (κ1) is 21.4. The van der Waals surface area contributed by atoms with Gasteiger partial charge in [-0.2, -0.15) is 0 Å². The largest absolute Gasteiger partial charge is 0.486 e. The van der Waals surface area contributed by atoms with Crippen LogP contribution in [0.3, 0.4) is 0 Å². The van der Waals surface area contributed by atoms with Gasteiger partial charge >= 0.3 is 0 Å². The van der Waals surface area contributed by atoms with E-state index in [0.717, 1.165) is 23.3 Å². The molecule has 4 rings (SSSR count). The van der Waals surface area contributed by atoms with Crippen molar-refractivity contribution >= 4 is 17.2 Å². The number of amides is 1. The first-order valence-electron chi connectivity index (χ1n) is 9.89. The summed E-state index contributed by atoms with van der Waals surface area (Å²) < 4.78 is 45.4. The summed E-state index contributed by atoms with van der Waals surface area (Å²) in [5, 5.41) is 1.80. The lowest BCUT2D eigenvalue weighted by molar-refractivity contribution is 0.0633. The number of ether oxygens (including phenoxy) is 1. The lowest BCUT2D eigenvalue weighted by atomic mass is 10.2. The van der Waals surface area contributed by atoms with Crippen LogP contribution in [0.5, 0.6) is 5.75 Å². The molecule has 8 heteroatoms. The Bertz CT molecular complexity index is 1060. The van der Waals surface area contributed by atoms with Crippen molar-refractivity contribution in [3.05, 3.63) is 87.4 Å². The van der Waals surface area contributed by atoms with Crippen LogP contribution in [0.1, 0.15) is 20.8 Å². The van der Waals surface area contributed by atoms with Gasteiger partial charge in [0.25, 0.3) is 5.91 Å². The second kappa shape index (κ2) is 9.53. The van der Waals surface area contributed by atoms with Gasteiger partial charge in [-0.25, -0.2) is 13.2 Å². The number of hydrogen-bond acceptors (Lipinski definition) is 4. The number of thiophene rings is 1. The Hall–Kier alpha value is -2.84. The van der Waals surface area contributed by atoms with Gasteiger partial charge in [-0.15, -0.1) is 11.3 Å². The first-order chi connectivity index (χ1) is 15.0. The highest BCUT2D eigenvalue weighted by atomic mass is 32.1. The quantitative estimate of drug-likeness (QED) is 0.550. The third-order valence-corrected chi connectivity index (χ3v) is 6.07. The summed E-state index contributed by atoms with van der Waals surface area (Å²) in [7, 11) is 0. The summed E-state index contributed by atoms with van der Waals surface area (Å²) in [6.45, 7) is 3.37. The fraction of sp³-hybridized carbons (Fsp3) is 0.261. The standard InChI is InChI=1S/C23H21F3N2O2S/c24-18-3-1-2-16(10-18)13-27-6-8-28(9-7-27)23(29)22-11-17(15-31-22)14-30-21-5-4-19(25)12-20(21)26/h1-5,10-12,15H,6-9,13-14H2. The predicted octanol–water partition coefficient (Wildman–Crippen LogP) is 4.70. The fourth-order valence-electron chi connectivity index (χ4n) is 3.48. The molecule has 162 valence electrons. The van der Waals surface area contributed by atoms with E-state index in [1.807, 2.05) is 6.07 Å². The average Bonchev–Trinajstić information content (AvgIpc) is 3.22. The van der Waals surface area contributed by atoms with Crippen LogP contribution in [0.15, 0.2) is 53.9 Å². The molecule has 0 N–H and O–H groups in total. The molecular formula is C23H21F3N2O2S. The van der Waals surface area contributed by atoms with Crippen molar-refractivity contribution in [3.8, 4) is 5.75 Å². The first-order valence-corrected chi connectivity index (χ1v) is 10.8. The molecule has 0 bridgehead atoms. The number of rotatable bonds is 6. The Morgan fingerprint density at radius 3 is 2.45 bits per heavy atom. The van der Waals surface area contributed by atoms with E-state index < -0.39 is 11.6 Å². The van der Waals surface area contributed by atoms with Gasteiger partial charge in [-0.05, 0) is 41.3 Å². The second-order valence-corrected chi connectivity index (χ2v) is 8.29. The lowest BCUT2D eigenvalue weighted by Crippen LogP contribution is -2.48. The summed E-state index contributed by atoms with van der Waals surface area (Å²) in [6.07, 6.45) is 0. The summed E-state index contributed by atoms with van der Waals surface area (Å²) in [6, 6.07) is 11.4. The summed E-state index contributed by atoms with van der Waals surface area (Å²) in [5.74, 6) is -1.75. The molecule has 1 aromatic heterocycles. The smallest absolute Gasteiger partial charge is 0.264 e. The number of piperazine rings is 1. The maximum absolute atomic E-state index is 13.7. The summed E-state index contributed by atoms with van der Waals surface area (Å²) in [5.41, 5.74) is 1.67. The van der Waals surface area contributed by atoms with Crippen molar-refractivity contribution in [1.29, 1.82) is 0 Å². The zero-order valence-electron chi connectivity index (χ0n) is 16.7. The Labute approximate surface area is 182 Å². The molecular weight excluding hydrogens is 425 g/mol. The van der Waals surface area contributed by atoms with Crippen molar-refractivity contribution in [2.75, 3.05) is 26.2 Å². The van der Waals surface area contributed by atoms with Gasteiger partial charge in [0, 0.05) is 44.4 Å². The van der Waals surface area contributed by atoms with Gasteiger partial charge in [0.1, 0.15) is 18.2 Å². The summed E-state index contributed by atoms with van der Waals surface area (Å²) >= 11 is 1.32. The van der Waals surface area contributed by atoms with Crippen LogP contribution in [0.25, 0.3) is 0 Å². The molecule has 2 heterocycles. The molecule has 0 unspecified atom stereocenters. The van der Waals surface area contributed by atoms with Gasteiger partial charge < -0.3 is 9.64 Å². The van der Waals surface area contributed by atoms with E-state index in [0.29, 0.717) is 37.6 Å². The third kappa shape index (κ3) is 5.45. The zero-order chi connectivity index (χ0) is 21.8. The Balaban J connectivity index is 1.29. The van der Waals surface area contributed by atoms with Crippen LogP contribution in [0.4, 0.5) is 13.2 Å². The van der Waals surface area contributed by atoms with Gasteiger partial charge in [-0.3, -0.25) is 9.69 Å². The van der Waals surface area contributed by atoms with Crippen molar-refractivity contribution in [1.82, 2.24) is 9.80 Å². The van der Waals surface area contributed by atoms with Crippen LogP contribution < -0.4 is 4.74 Å². The molecule has 0 aliphatic carbocycles. The molecule has 1 aliphatic heterocycles. The topological polar surface area (TPSA) is 32.8 Å². The van der Waals surface area contributed by atoms with E-state index in [1.54, 1.807) is 22.4 Å². The summed E-state index contributed by atoms with van der Waals surface area (Å²) in [4.78, 5) is 17.4. The minimum atomic E-state index is -0.761. The normalized spacial score (nSPS) is 14.6. The zero-order valence-corrected chi connectivity index (χ0v) is 17.5. The molecule has 2 aromatic carbocycles. The molecule has 0 spiro atoms. The number of benzene rings is 2. The minimum absolute atomic E-state index is 0.0325. The number of carbonyl (C=O) groups is 1. The highest BCUT2D eigenvalue weighted by Gasteiger charge is 2.23. The Morgan fingerprint density at radius 2 is 1.71 bits per heavy atom. The van der Waals surface area contributed by atoms with Crippen LogP contribution in [-0.2, 0) is 13.2 Å². The van der Waals surface area contributed by atoms with Crippen molar-refractivity contribution in [3.63, 3.8) is 0 Å². The van der Waals surface area contributed by atoms with Crippen molar-refractivity contribution in [2.24, 2.45) is 0 Å². The predicted molar refractivity (Wildman–Crippen MR) is 113 cm³/mol. The molecule has 1 amide bonds. The van der Waals surface area contributed by atoms with Crippen molar-refractivity contribution in [2.45, 2.75) is 13.2 Å². The molecule has 31 heavy (non-hydrogen) atoms. The molecule has 0 atom stereocenters. The fourth-order valence-corrected chi connectivity index (χ4v) is 4.34. The molecule has 1 saturated heterocycles. The molecule has 3 aromatic rings. The highest BCUT2D eigenvalue weighted by molar-refractivity contribution is 7.12. The van der Waals surface area contributed by atoms with Crippen LogP contribution in [-0.4, -0.2) is 41.9 Å². The van der Waals surface area contributed by atoms with Crippen LogP contribution in [0.2, 0.25) is 0 Å². The number of carbonyl (C=O) groups excluding carboxylic acids is 1. The molecule has 0 radical (unpaired) electrons. The average molecular weight is 446 g/mol. The number of hydrogen-bond donors (Lipinski definition) is 0. The molecule has 1 aliphatic rings. The monoisotopic (exact) mass is 446 g/mol. The van der Waals surface area contributed by atoms with Crippen molar-refractivity contribution < 1.29 is 22.7 Å². The number of nitrogens with zero attached hydrogens (tertiary/aromatic N) is 2. The molecule has 4 nitrogen and oxygen atoms in total. The van der Waals surface area contributed by atoms with E-state index in [9.17, 15) is 18.0 Å². The van der Waals surface area contributed by atoms with Gasteiger partial charge in [-0.1, -0.05) is 12.1 Å².